The molecule has 0 spiro atoms. The van der Waals surface area contributed by atoms with Crippen molar-refractivity contribution in [3.05, 3.63) is 347 Å². The topological polar surface area (TPSA) is 366 Å². The van der Waals surface area contributed by atoms with Gasteiger partial charge in [-0.3, -0.25) is 63.9 Å². The normalized spacial score (nSPS) is 9.84. The second-order valence-electron chi connectivity index (χ2n) is 28.4. The summed E-state index contributed by atoms with van der Waals surface area (Å²) in [5.41, 5.74) is 6.81. The molecule has 0 atom stereocenters. The summed E-state index contributed by atoms with van der Waals surface area (Å²) < 4.78 is 1.76. The summed E-state index contributed by atoms with van der Waals surface area (Å²) in [6.07, 6.45) is 28.2. The van der Waals surface area contributed by atoms with Gasteiger partial charge in [-0.25, -0.2) is 56.6 Å². The van der Waals surface area contributed by atoms with E-state index < -0.39 is 0 Å². The largest absolute Gasteiger partial charge is 0.629 e. The third-order valence-corrected chi connectivity index (χ3v) is 11.4. The SMILES string of the molecule is C[C-](C)C.C[C-](C)C.C[C-](C)C.C[C-](C)C.C[C-](C)C.C[C-](C)C.C[C-](C)C.Cc1ccn2[c-]nnc2c1.Cc1ccnc(-c2c[c-]c(=O)[nH]c2)n1.O=c1[c-]cc(-c2ccccn2)c[nH]1.O=c1[c-]cc(-c2ncccn2)c[nH]1.O=c1[c-]cc(C2=NCCCN2)c[nH]1.O=c1[nH]c[c-]cc1-c1ncccn1.O=c1ccc(-c2ncccn2)c[n-]1.[Y].[Y].[Y].[Y].[Y].[Y].[Y]. The fourth-order valence-electron chi connectivity index (χ4n) is 7.13. The zero-order valence-corrected chi connectivity index (χ0v) is 95.6. The van der Waals surface area contributed by atoms with Crippen LogP contribution in [-0.2, 0) is 229 Å². The van der Waals surface area contributed by atoms with Gasteiger partial charge in [-0.15, -0.1) is 22.3 Å². The van der Waals surface area contributed by atoms with Crippen molar-refractivity contribution < 1.29 is 229 Å². The van der Waals surface area contributed by atoms with Crippen LogP contribution in [0.3, 0.4) is 0 Å². The van der Waals surface area contributed by atoms with Gasteiger partial charge in [0.05, 0.1) is 23.0 Å². The van der Waals surface area contributed by atoms with Crippen molar-refractivity contribution in [2.75, 3.05) is 13.1 Å². The smallest absolute Gasteiger partial charge is 0.175 e. The molecule has 0 amide bonds. The number of aryl methyl sites for hydroxylation is 2. The summed E-state index contributed by atoms with van der Waals surface area (Å²) in [7, 11) is 0. The van der Waals surface area contributed by atoms with Crippen LogP contribution >= 0.6 is 0 Å². The van der Waals surface area contributed by atoms with Crippen LogP contribution in [0.5, 0.6) is 0 Å². The minimum absolute atomic E-state index is 0. The fourth-order valence-corrected chi connectivity index (χ4v) is 7.13. The molecule has 13 aromatic heterocycles. The molecule has 1 aliphatic heterocycles. The van der Waals surface area contributed by atoms with Gasteiger partial charge < -0.3 is 85.8 Å². The summed E-state index contributed by atoms with van der Waals surface area (Å²) in [5.74, 6) is 12.9. The monoisotopic (exact) mass is 2200 g/mol. The number of H-pyrrole nitrogens is 5. The van der Waals surface area contributed by atoms with Gasteiger partial charge >= 0.3 is 0 Å². The van der Waals surface area contributed by atoms with Crippen molar-refractivity contribution in [2.24, 2.45) is 4.99 Å². The molecule has 0 fully saturated rings. The molecule has 6 N–H and O–H groups in total. The molecule has 14 rings (SSSR count). The molecule has 1 aliphatic rings. The average molecular weight is 2200 g/mol. The van der Waals surface area contributed by atoms with Gasteiger partial charge in [-0.2, -0.15) is 176 Å². The van der Waals surface area contributed by atoms with E-state index in [4.69, 9.17) is 0 Å². The second-order valence-corrected chi connectivity index (χ2v) is 28.4. The summed E-state index contributed by atoms with van der Waals surface area (Å²) >= 11 is 0. The number of amidine groups is 1. The van der Waals surface area contributed by atoms with E-state index in [1.165, 1.54) is 65.4 Å². The molecular weight excluding hydrogens is 2090 g/mol. The summed E-state index contributed by atoms with van der Waals surface area (Å²) in [4.78, 5) is 122. The zero-order chi connectivity index (χ0) is 87.5. The Morgan fingerprint density at radius 3 is 1.19 bits per heavy atom. The van der Waals surface area contributed by atoms with Gasteiger partial charge in [-0.1, -0.05) is 78.6 Å². The van der Waals surface area contributed by atoms with Crippen LogP contribution in [-0.4, -0.2) is 103 Å². The van der Waals surface area contributed by atoms with Crippen LogP contribution in [0.15, 0.2) is 224 Å². The summed E-state index contributed by atoms with van der Waals surface area (Å²) in [5, 5.41) is 10.6. The molecule has 26 nitrogen and oxygen atoms in total. The van der Waals surface area contributed by atoms with E-state index >= 15 is 0 Å². The number of rotatable bonds is 6. The van der Waals surface area contributed by atoms with Crippen molar-refractivity contribution in [2.45, 2.75) is 166 Å². The Morgan fingerprint density at radius 2 is 0.815 bits per heavy atom. The molecule has 33 heteroatoms. The molecule has 124 heavy (non-hydrogen) atoms. The molecule has 0 saturated heterocycles. The van der Waals surface area contributed by atoms with E-state index in [0.717, 1.165) is 70.2 Å². The van der Waals surface area contributed by atoms with E-state index in [1.54, 1.807) is 133 Å². The number of hydrogen-bond donors (Lipinski definition) is 6. The molecule has 0 aliphatic carbocycles. The molecule has 13 aromatic rings. The van der Waals surface area contributed by atoms with Crippen molar-refractivity contribution in [1.29, 1.82) is 0 Å². The Balaban J connectivity index is -0.000000243. The Kier molecular flexibility index (Phi) is 86.5. The summed E-state index contributed by atoms with van der Waals surface area (Å²) in [6.45, 7) is 49.5. The molecular formula is C91H112N20O6Y7-14. The van der Waals surface area contributed by atoms with E-state index in [2.05, 4.69) is 277 Å². The van der Waals surface area contributed by atoms with Gasteiger partial charge in [0.25, 0.3) is 0 Å². The van der Waals surface area contributed by atoms with Crippen LogP contribution in [0.1, 0.15) is 169 Å². The van der Waals surface area contributed by atoms with Crippen molar-refractivity contribution in [3.63, 3.8) is 0 Å². The first-order valence-corrected chi connectivity index (χ1v) is 37.1. The Labute approximate surface area is 909 Å². The molecule has 0 aromatic carbocycles. The quantitative estimate of drug-likeness (QED) is 0.0842. The molecule has 647 valence electrons. The first kappa shape index (κ1) is 132. The summed E-state index contributed by atoms with van der Waals surface area (Å²) in [6, 6.07) is 40.5. The molecule has 14 heterocycles. The Hall–Kier alpha value is -5.01. The molecule has 0 bridgehead atoms. The van der Waals surface area contributed by atoms with Gasteiger partial charge in [-0.05, 0) is 67.9 Å². The maximum absolute atomic E-state index is 11.3. The van der Waals surface area contributed by atoms with E-state index in [0.29, 0.717) is 28.9 Å². The first-order chi connectivity index (χ1) is 55.6. The molecule has 0 unspecified atom stereocenters. The third-order valence-electron chi connectivity index (χ3n) is 11.4. The number of fused-ring (bicyclic) bond motifs is 1. The van der Waals surface area contributed by atoms with Crippen molar-refractivity contribution in [3.8, 4) is 56.8 Å². The minimum Gasteiger partial charge on any atom is -0.629 e. The van der Waals surface area contributed by atoms with E-state index in [9.17, 15) is 28.8 Å². The molecule has 7 radical (unpaired) electrons. The van der Waals surface area contributed by atoms with Crippen LogP contribution in [0.4, 0.5) is 0 Å². The van der Waals surface area contributed by atoms with Crippen molar-refractivity contribution >= 4 is 11.5 Å². The van der Waals surface area contributed by atoms with E-state index in [-0.39, 0.29) is 262 Å². The van der Waals surface area contributed by atoms with Crippen LogP contribution < -0.4 is 43.7 Å². The maximum Gasteiger partial charge on any atom is 0.175 e. The first-order valence-electron chi connectivity index (χ1n) is 37.1. The standard InChI is InChI=1S/C10H8N3O.C10H7N2O.C9H10N3O.C9H7N3O.2C9H6N3O.C7H6N3.7C4H9.7Y/c1-7-4-5-11-10(13-7)8-2-3-9(14)12-6-8;13-10-5-4-8(7-12-10)9-3-1-2-6-11-9;3*13-8-3-2-7(6-12-8)9-10-4-1-5-11-9;13-9-7(3-1-4-12-9)8-10-5-2-6-11-8;1-6-2-3-10-5-8-9-7(10)4-6;7*1-4(2)3;;;;;;;/h2,4-6H,1H3,(H,12,14);1-4,6-7H,(H,12,13);2,6H,1,4-5H2,(H,10,11)(H,12,13);1-6H,(H,10,11,12,13);1-2,4-6H,(H,12,13);2-6H,(H,12,13);2-4H,1H3;7*1-3H3;;;;;;;/q3*-1;;10*-1;;;;;;;/p-1. The van der Waals surface area contributed by atoms with Gasteiger partial charge in [0.2, 0.25) is 0 Å². The maximum atomic E-state index is 11.3. The minimum atomic E-state index is -0.250. The predicted molar refractivity (Wildman–Crippen MR) is 470 cm³/mol. The van der Waals surface area contributed by atoms with Crippen LogP contribution in [0, 0.1) is 91.9 Å². The van der Waals surface area contributed by atoms with Gasteiger partial charge in [0, 0.05) is 315 Å². The number of hydrogen-bond acceptors (Lipinski definition) is 19. The predicted octanol–water partition coefficient (Wildman–Crippen LogP) is 16.0. The number of aliphatic imine (C=N–C) groups is 1. The number of aromatic amines is 5. The third kappa shape index (κ3) is 70.9. The number of pyridine rings is 8. The van der Waals surface area contributed by atoms with Gasteiger partial charge in [0.15, 0.2) is 33.6 Å². The number of aromatic nitrogens is 18. The Morgan fingerprint density at radius 1 is 0.411 bits per heavy atom. The Bertz CT molecular complexity index is 4760. The number of nitrogens with one attached hydrogen (secondary N) is 6. The number of nitrogens with zero attached hydrogens (tertiary/aromatic N) is 14. The van der Waals surface area contributed by atoms with Gasteiger partial charge in [0.1, 0.15) is 0 Å². The fraction of sp³-hybridized carbons (Fsp3) is 0.286. The second kappa shape index (κ2) is 81.2. The zero-order valence-electron chi connectivity index (χ0n) is 75.8. The van der Waals surface area contributed by atoms with E-state index in [1.807, 2.05) is 56.4 Å². The van der Waals surface area contributed by atoms with Crippen LogP contribution in [0.25, 0.3) is 62.5 Å². The average Bonchev–Trinajstić information content (AvgIpc) is 1.74. The van der Waals surface area contributed by atoms with Crippen molar-refractivity contribution in [1.82, 2.24) is 94.7 Å². The van der Waals surface area contributed by atoms with Crippen LogP contribution in [0.2, 0.25) is 0 Å². The molecule has 0 saturated carbocycles.